The summed E-state index contributed by atoms with van der Waals surface area (Å²) in [7, 11) is 0. The van der Waals surface area contributed by atoms with Crippen LogP contribution in [0.1, 0.15) is 34.1 Å². The first kappa shape index (κ1) is 18.2. The van der Waals surface area contributed by atoms with Crippen molar-refractivity contribution in [3.8, 4) is 0 Å². The third-order valence-corrected chi connectivity index (χ3v) is 3.30. The second-order valence-electron chi connectivity index (χ2n) is 5.63. The van der Waals surface area contributed by atoms with E-state index in [2.05, 4.69) is 16.0 Å². The lowest BCUT2D eigenvalue weighted by atomic mass is 9.96. The van der Waals surface area contributed by atoms with E-state index in [1.54, 1.807) is 27.7 Å². The van der Waals surface area contributed by atoms with Gasteiger partial charge in [-0.25, -0.2) is 0 Å². The first-order valence-corrected chi connectivity index (χ1v) is 7.31. The third kappa shape index (κ3) is 5.16. The lowest BCUT2D eigenvalue weighted by Crippen LogP contribution is -2.38. The topological polar surface area (TPSA) is 111 Å². The zero-order valence-electron chi connectivity index (χ0n) is 13.5. The molecule has 0 aromatic heterocycles. The summed E-state index contributed by atoms with van der Waals surface area (Å²) >= 11 is 0. The maximum Gasteiger partial charge on any atom is 0.249 e. The molecule has 7 heteroatoms. The average molecular weight is 311 g/mol. The Labute approximate surface area is 130 Å². The zero-order chi connectivity index (χ0) is 16.9. The van der Waals surface area contributed by atoms with Crippen LogP contribution in [0.2, 0.25) is 0 Å². The van der Waals surface area contributed by atoms with Gasteiger partial charge in [-0.05, 0) is 27.7 Å². The lowest BCUT2D eigenvalue weighted by Gasteiger charge is -2.23. The molecule has 0 aromatic rings. The molecule has 2 amide bonds. The number of hydrogen-bond donors (Lipinski definition) is 5. The monoisotopic (exact) mass is 311 g/mol. The molecule has 0 bridgehead atoms. The summed E-state index contributed by atoms with van der Waals surface area (Å²) in [4.78, 5) is 24.3. The highest BCUT2D eigenvalue weighted by molar-refractivity contribution is 6.00. The van der Waals surface area contributed by atoms with E-state index >= 15 is 0 Å². The van der Waals surface area contributed by atoms with Gasteiger partial charge in [-0.15, -0.1) is 0 Å². The van der Waals surface area contributed by atoms with Gasteiger partial charge in [-0.3, -0.25) is 9.59 Å². The molecule has 0 unspecified atom stereocenters. The first-order chi connectivity index (χ1) is 10.2. The van der Waals surface area contributed by atoms with Crippen molar-refractivity contribution in [2.45, 2.75) is 46.3 Å². The molecule has 1 rings (SSSR count). The molecule has 1 heterocycles. The fourth-order valence-electron chi connectivity index (χ4n) is 2.07. The minimum atomic E-state index is -0.632. The molecule has 5 N–H and O–H groups in total. The lowest BCUT2D eigenvalue weighted by molar-refractivity contribution is -0.118. The largest absolute Gasteiger partial charge is 0.392 e. The van der Waals surface area contributed by atoms with Crippen LogP contribution in [0, 0.1) is 0 Å². The zero-order valence-corrected chi connectivity index (χ0v) is 13.5. The van der Waals surface area contributed by atoms with E-state index in [-0.39, 0.29) is 31.3 Å². The van der Waals surface area contributed by atoms with Gasteiger partial charge in [-0.1, -0.05) is 0 Å². The Kier molecular flexibility index (Phi) is 6.58. The molecule has 0 aromatic carbocycles. The Morgan fingerprint density at radius 1 is 1.00 bits per heavy atom. The highest BCUT2D eigenvalue weighted by Crippen LogP contribution is 2.23. The molecular formula is C15H25N3O4. The Morgan fingerprint density at radius 2 is 1.36 bits per heavy atom. The summed E-state index contributed by atoms with van der Waals surface area (Å²) in [6, 6.07) is 0. The van der Waals surface area contributed by atoms with Crippen LogP contribution in [-0.2, 0) is 9.59 Å². The highest BCUT2D eigenvalue weighted by atomic mass is 16.3. The van der Waals surface area contributed by atoms with Crippen LogP contribution in [-0.4, -0.2) is 47.3 Å². The Bertz CT molecular complexity index is 463. The number of hydrogen-bond acceptors (Lipinski definition) is 5. The molecule has 22 heavy (non-hydrogen) atoms. The summed E-state index contributed by atoms with van der Waals surface area (Å²) in [5.74, 6) is -0.613. The molecule has 124 valence electrons. The SMILES string of the molecule is CC1=C(C(=O)NC[C@@H](C)O)CC(C(=O)NC[C@@H](C)O)=C(C)N1. The number of allylic oxidation sites excluding steroid dienone is 2. The van der Waals surface area contributed by atoms with Gasteiger partial charge in [0.25, 0.3) is 0 Å². The van der Waals surface area contributed by atoms with E-state index < -0.39 is 12.2 Å². The van der Waals surface area contributed by atoms with Gasteiger partial charge in [0.05, 0.1) is 12.2 Å². The van der Waals surface area contributed by atoms with Crippen molar-refractivity contribution in [3.63, 3.8) is 0 Å². The molecule has 1 aliphatic rings. The van der Waals surface area contributed by atoms with E-state index in [1.165, 1.54) is 0 Å². The van der Waals surface area contributed by atoms with Crippen LogP contribution >= 0.6 is 0 Å². The second-order valence-corrected chi connectivity index (χ2v) is 5.63. The van der Waals surface area contributed by atoms with Gasteiger partial charge in [0.15, 0.2) is 0 Å². The van der Waals surface area contributed by atoms with Crippen molar-refractivity contribution in [3.05, 3.63) is 22.5 Å². The van der Waals surface area contributed by atoms with Crippen LogP contribution in [0.3, 0.4) is 0 Å². The number of amides is 2. The van der Waals surface area contributed by atoms with Crippen molar-refractivity contribution >= 4 is 11.8 Å². The molecule has 2 atom stereocenters. The van der Waals surface area contributed by atoms with Crippen LogP contribution < -0.4 is 16.0 Å². The highest BCUT2D eigenvalue weighted by Gasteiger charge is 2.25. The number of aliphatic hydroxyl groups is 2. The van der Waals surface area contributed by atoms with Crippen molar-refractivity contribution in [2.24, 2.45) is 0 Å². The van der Waals surface area contributed by atoms with Gasteiger partial charge in [0.1, 0.15) is 0 Å². The third-order valence-electron chi connectivity index (χ3n) is 3.30. The summed E-state index contributed by atoms with van der Waals surface area (Å²) < 4.78 is 0. The number of dihydropyridines is 1. The van der Waals surface area contributed by atoms with Gasteiger partial charge < -0.3 is 26.2 Å². The summed E-state index contributed by atoms with van der Waals surface area (Å²) in [6.07, 6.45) is -1.05. The Morgan fingerprint density at radius 3 is 1.68 bits per heavy atom. The van der Waals surface area contributed by atoms with Crippen molar-refractivity contribution < 1.29 is 19.8 Å². The second kappa shape index (κ2) is 7.95. The average Bonchev–Trinajstić information content (AvgIpc) is 2.42. The van der Waals surface area contributed by atoms with Gasteiger partial charge in [0.2, 0.25) is 11.8 Å². The minimum Gasteiger partial charge on any atom is -0.392 e. The van der Waals surface area contributed by atoms with E-state index in [4.69, 9.17) is 0 Å². The normalized spacial score (nSPS) is 17.7. The standard InChI is InChI=1S/C15H25N3O4/c1-8(19)6-16-14(21)12-5-13(11(4)18-10(12)3)15(22)17-7-9(2)20/h8-9,18-20H,5-7H2,1-4H3,(H,16,21)(H,17,22)/t8-,9-/m1/s1. The number of carbonyl (C=O) groups excluding carboxylic acids is 2. The predicted molar refractivity (Wildman–Crippen MR) is 82.5 cm³/mol. The molecule has 0 aliphatic carbocycles. The molecule has 0 radical (unpaired) electrons. The van der Waals surface area contributed by atoms with Gasteiger partial charge >= 0.3 is 0 Å². The number of aliphatic hydroxyl groups excluding tert-OH is 2. The molecule has 0 saturated heterocycles. The van der Waals surface area contributed by atoms with E-state index in [0.29, 0.717) is 22.5 Å². The van der Waals surface area contributed by atoms with Crippen molar-refractivity contribution in [1.29, 1.82) is 0 Å². The fraction of sp³-hybridized carbons (Fsp3) is 0.600. The summed E-state index contributed by atoms with van der Waals surface area (Å²) in [5.41, 5.74) is 2.31. The van der Waals surface area contributed by atoms with Crippen molar-refractivity contribution in [2.75, 3.05) is 13.1 Å². The van der Waals surface area contributed by atoms with Crippen LogP contribution in [0.4, 0.5) is 0 Å². The molecular weight excluding hydrogens is 286 g/mol. The Hall–Kier alpha value is -1.86. The molecule has 1 aliphatic heterocycles. The van der Waals surface area contributed by atoms with Crippen LogP contribution in [0.5, 0.6) is 0 Å². The van der Waals surface area contributed by atoms with Gasteiger partial charge in [-0.2, -0.15) is 0 Å². The van der Waals surface area contributed by atoms with Gasteiger partial charge in [0, 0.05) is 42.1 Å². The number of rotatable bonds is 6. The summed E-state index contributed by atoms with van der Waals surface area (Å²) in [5, 5.41) is 26.7. The minimum absolute atomic E-state index is 0.155. The molecule has 0 saturated carbocycles. The molecule has 7 nitrogen and oxygen atoms in total. The fourth-order valence-corrected chi connectivity index (χ4v) is 2.07. The van der Waals surface area contributed by atoms with Crippen molar-refractivity contribution in [1.82, 2.24) is 16.0 Å². The molecule has 0 spiro atoms. The first-order valence-electron chi connectivity index (χ1n) is 7.31. The van der Waals surface area contributed by atoms with Crippen LogP contribution in [0.25, 0.3) is 0 Å². The smallest absolute Gasteiger partial charge is 0.249 e. The molecule has 0 fully saturated rings. The number of carbonyl (C=O) groups is 2. The maximum absolute atomic E-state index is 12.1. The Balaban J connectivity index is 2.77. The predicted octanol–water partition coefficient (Wildman–Crippen LogP) is -0.478. The quantitative estimate of drug-likeness (QED) is 0.455. The van der Waals surface area contributed by atoms with E-state index in [0.717, 1.165) is 0 Å². The summed E-state index contributed by atoms with van der Waals surface area (Å²) in [6.45, 7) is 7.01. The van der Waals surface area contributed by atoms with E-state index in [1.807, 2.05) is 0 Å². The van der Waals surface area contributed by atoms with Crippen LogP contribution in [0.15, 0.2) is 22.5 Å². The maximum atomic E-state index is 12.1. The van der Waals surface area contributed by atoms with E-state index in [9.17, 15) is 19.8 Å². The number of nitrogens with one attached hydrogen (secondary N) is 3.